The molecule has 3 N–H and O–H groups in total. The second kappa shape index (κ2) is 8.76. The van der Waals surface area contributed by atoms with E-state index in [1.807, 2.05) is 0 Å². The first-order valence-electron chi connectivity index (χ1n) is 11.0. The molecule has 0 radical (unpaired) electrons. The van der Waals surface area contributed by atoms with E-state index in [-0.39, 0.29) is 24.0 Å². The van der Waals surface area contributed by atoms with Crippen molar-refractivity contribution in [2.75, 3.05) is 23.8 Å². The summed E-state index contributed by atoms with van der Waals surface area (Å²) in [4.78, 5) is 13.9. The number of halogens is 1. The third-order valence-electron chi connectivity index (χ3n) is 6.14. The molecule has 5 rings (SSSR count). The zero-order valence-corrected chi connectivity index (χ0v) is 17.3. The molecule has 0 atom stereocenters. The number of imidazole rings is 1. The molecule has 164 valence electrons. The number of rotatable bonds is 5. The van der Waals surface area contributed by atoms with E-state index in [0.29, 0.717) is 36.3 Å². The molecule has 0 bridgehead atoms. The summed E-state index contributed by atoms with van der Waals surface area (Å²) >= 11 is 0. The van der Waals surface area contributed by atoms with Crippen molar-refractivity contribution >= 4 is 28.7 Å². The second-order valence-corrected chi connectivity index (χ2v) is 8.31. The molecular formula is C22H27FN6O2. The fraction of sp³-hybridized carbons (Fsp3) is 0.500. The van der Waals surface area contributed by atoms with Gasteiger partial charge in [0.05, 0.1) is 18.0 Å². The van der Waals surface area contributed by atoms with Crippen molar-refractivity contribution in [2.24, 2.45) is 0 Å². The lowest BCUT2D eigenvalue weighted by atomic mass is 9.93. The molecule has 1 aliphatic carbocycles. The maximum Gasteiger partial charge on any atom is 0.224 e. The number of fused-ring (bicyclic) bond motifs is 1. The van der Waals surface area contributed by atoms with Gasteiger partial charge in [-0.05, 0) is 50.7 Å². The van der Waals surface area contributed by atoms with Gasteiger partial charge < -0.3 is 20.5 Å². The SMILES string of the molecule is OC1CCC(Nc2ncc3nc(Nc4ccccc4F)n(C4CCOCC4)c3n2)CC1. The van der Waals surface area contributed by atoms with Crippen LogP contribution in [0.5, 0.6) is 0 Å². The molecule has 2 fully saturated rings. The standard InChI is InChI=1S/C22H27FN6O2/c23-17-3-1-2-4-18(17)26-22-27-19-13-24-21(25-14-5-7-16(30)8-6-14)28-20(19)29(22)15-9-11-31-12-10-15/h1-4,13-16,30H,5-12H2,(H,26,27)(H,24,25,28). The van der Waals surface area contributed by atoms with Gasteiger partial charge in [0.15, 0.2) is 5.65 Å². The summed E-state index contributed by atoms with van der Waals surface area (Å²) in [5.74, 6) is 0.778. The maximum absolute atomic E-state index is 14.3. The predicted octanol–water partition coefficient (Wildman–Crippen LogP) is 3.78. The molecule has 1 saturated heterocycles. The van der Waals surface area contributed by atoms with Crippen LogP contribution < -0.4 is 10.6 Å². The Morgan fingerprint density at radius 3 is 2.58 bits per heavy atom. The molecule has 8 nitrogen and oxygen atoms in total. The van der Waals surface area contributed by atoms with Crippen LogP contribution in [-0.2, 0) is 4.74 Å². The number of aromatic nitrogens is 4. The van der Waals surface area contributed by atoms with E-state index >= 15 is 0 Å². The van der Waals surface area contributed by atoms with Crippen LogP contribution in [0.4, 0.5) is 22.0 Å². The van der Waals surface area contributed by atoms with Crippen molar-refractivity contribution in [1.82, 2.24) is 19.5 Å². The highest BCUT2D eigenvalue weighted by atomic mass is 19.1. The van der Waals surface area contributed by atoms with Gasteiger partial charge in [-0.1, -0.05) is 12.1 Å². The van der Waals surface area contributed by atoms with E-state index < -0.39 is 0 Å². The fourth-order valence-electron chi connectivity index (χ4n) is 4.42. The molecular weight excluding hydrogens is 399 g/mol. The molecule has 2 aromatic heterocycles. The molecule has 1 aromatic carbocycles. The number of aliphatic hydroxyl groups excluding tert-OH is 1. The smallest absolute Gasteiger partial charge is 0.224 e. The summed E-state index contributed by atoms with van der Waals surface area (Å²) in [6.45, 7) is 1.34. The summed E-state index contributed by atoms with van der Waals surface area (Å²) < 4.78 is 21.9. The summed E-state index contributed by atoms with van der Waals surface area (Å²) in [7, 11) is 0. The van der Waals surface area contributed by atoms with Crippen LogP contribution in [0, 0.1) is 5.82 Å². The minimum absolute atomic E-state index is 0.153. The minimum Gasteiger partial charge on any atom is -0.393 e. The first-order valence-corrected chi connectivity index (χ1v) is 11.0. The van der Waals surface area contributed by atoms with Crippen molar-refractivity contribution in [3.63, 3.8) is 0 Å². The van der Waals surface area contributed by atoms with Crippen LogP contribution in [0.2, 0.25) is 0 Å². The van der Waals surface area contributed by atoms with Gasteiger partial charge in [0.25, 0.3) is 0 Å². The lowest BCUT2D eigenvalue weighted by Crippen LogP contribution is -2.29. The molecule has 1 saturated carbocycles. The lowest BCUT2D eigenvalue weighted by molar-refractivity contribution is 0.0710. The van der Waals surface area contributed by atoms with Crippen LogP contribution in [0.25, 0.3) is 11.2 Å². The third kappa shape index (κ3) is 4.33. The normalized spacial score (nSPS) is 22.5. The quantitative estimate of drug-likeness (QED) is 0.571. The van der Waals surface area contributed by atoms with Crippen LogP contribution in [0.3, 0.4) is 0 Å². The highest BCUT2D eigenvalue weighted by Crippen LogP contribution is 2.32. The molecule has 0 unspecified atom stereocenters. The first kappa shape index (κ1) is 20.1. The van der Waals surface area contributed by atoms with Gasteiger partial charge in [-0.2, -0.15) is 4.98 Å². The first-order chi connectivity index (χ1) is 15.2. The van der Waals surface area contributed by atoms with Crippen LogP contribution in [0.1, 0.15) is 44.6 Å². The number of ether oxygens (including phenoxy) is 1. The Morgan fingerprint density at radius 1 is 1.03 bits per heavy atom. The van der Waals surface area contributed by atoms with E-state index in [1.54, 1.807) is 24.4 Å². The monoisotopic (exact) mass is 426 g/mol. The Bertz CT molecular complexity index is 1040. The minimum atomic E-state index is -0.332. The topological polar surface area (TPSA) is 97.1 Å². The summed E-state index contributed by atoms with van der Waals surface area (Å²) in [6, 6.07) is 6.97. The van der Waals surface area contributed by atoms with Gasteiger partial charge >= 0.3 is 0 Å². The third-order valence-corrected chi connectivity index (χ3v) is 6.14. The lowest BCUT2D eigenvalue weighted by Gasteiger charge is -2.27. The van der Waals surface area contributed by atoms with Gasteiger partial charge in [-0.3, -0.25) is 4.57 Å². The molecule has 1 aliphatic heterocycles. The zero-order chi connectivity index (χ0) is 21.2. The van der Waals surface area contributed by atoms with Gasteiger partial charge in [0, 0.05) is 25.3 Å². The Morgan fingerprint density at radius 2 is 1.81 bits per heavy atom. The Kier molecular flexibility index (Phi) is 5.69. The van der Waals surface area contributed by atoms with Crippen molar-refractivity contribution in [2.45, 2.75) is 56.7 Å². The van der Waals surface area contributed by atoms with Crippen molar-refractivity contribution in [1.29, 1.82) is 0 Å². The molecule has 2 aliphatic rings. The second-order valence-electron chi connectivity index (χ2n) is 8.31. The van der Waals surface area contributed by atoms with E-state index in [1.165, 1.54) is 6.07 Å². The molecule has 3 heterocycles. The number of anilines is 3. The highest BCUT2D eigenvalue weighted by Gasteiger charge is 2.25. The number of hydrogen-bond donors (Lipinski definition) is 3. The van der Waals surface area contributed by atoms with Crippen LogP contribution in [0.15, 0.2) is 30.5 Å². The molecule has 9 heteroatoms. The Labute approximate surface area is 179 Å². The van der Waals surface area contributed by atoms with Crippen LogP contribution >= 0.6 is 0 Å². The average Bonchev–Trinajstić information content (AvgIpc) is 3.15. The summed E-state index contributed by atoms with van der Waals surface area (Å²) in [6.07, 6.45) is 6.54. The Balaban J connectivity index is 1.49. The largest absolute Gasteiger partial charge is 0.393 e. The number of benzene rings is 1. The van der Waals surface area contributed by atoms with Crippen molar-refractivity contribution in [3.8, 4) is 0 Å². The van der Waals surface area contributed by atoms with Gasteiger partial charge in [-0.15, -0.1) is 0 Å². The average molecular weight is 426 g/mol. The number of nitrogens with zero attached hydrogens (tertiary/aromatic N) is 4. The number of para-hydroxylation sites is 1. The molecule has 31 heavy (non-hydrogen) atoms. The van der Waals surface area contributed by atoms with Gasteiger partial charge in [-0.25, -0.2) is 14.4 Å². The fourth-order valence-corrected chi connectivity index (χ4v) is 4.42. The maximum atomic E-state index is 14.3. The van der Waals surface area contributed by atoms with Crippen molar-refractivity contribution < 1.29 is 14.2 Å². The summed E-state index contributed by atoms with van der Waals surface area (Å²) in [5, 5.41) is 16.3. The van der Waals surface area contributed by atoms with E-state index in [4.69, 9.17) is 9.72 Å². The predicted molar refractivity (Wildman–Crippen MR) is 116 cm³/mol. The number of aliphatic hydroxyl groups is 1. The highest BCUT2D eigenvalue weighted by molar-refractivity contribution is 5.76. The van der Waals surface area contributed by atoms with Crippen molar-refractivity contribution in [3.05, 3.63) is 36.3 Å². The van der Waals surface area contributed by atoms with E-state index in [9.17, 15) is 9.50 Å². The summed E-state index contributed by atoms with van der Waals surface area (Å²) in [5.41, 5.74) is 1.76. The number of nitrogens with one attached hydrogen (secondary N) is 2. The Hall–Kier alpha value is -2.78. The molecule has 0 spiro atoms. The van der Waals surface area contributed by atoms with E-state index in [0.717, 1.165) is 44.2 Å². The van der Waals surface area contributed by atoms with Crippen LogP contribution in [-0.4, -0.2) is 50.0 Å². The van der Waals surface area contributed by atoms with Gasteiger partial charge in [0.2, 0.25) is 11.9 Å². The number of hydrogen-bond acceptors (Lipinski definition) is 7. The zero-order valence-electron chi connectivity index (χ0n) is 17.3. The van der Waals surface area contributed by atoms with Gasteiger partial charge in [0.1, 0.15) is 11.3 Å². The molecule has 3 aromatic rings. The van der Waals surface area contributed by atoms with E-state index in [2.05, 4.69) is 25.2 Å². The molecule has 0 amide bonds.